The molecule has 3 nitrogen and oxygen atoms in total. The summed E-state index contributed by atoms with van der Waals surface area (Å²) in [4.78, 5) is 2.49. The van der Waals surface area contributed by atoms with Crippen molar-refractivity contribution in [1.82, 2.24) is 4.90 Å². The Morgan fingerprint density at radius 3 is 2.31 bits per heavy atom. The predicted molar refractivity (Wildman–Crippen MR) is 68.3 cm³/mol. The molecule has 16 heavy (non-hydrogen) atoms. The molecule has 1 heterocycles. The van der Waals surface area contributed by atoms with Crippen molar-refractivity contribution in [3.63, 3.8) is 0 Å². The van der Waals surface area contributed by atoms with Gasteiger partial charge in [0, 0.05) is 25.9 Å². The highest BCUT2D eigenvalue weighted by Crippen LogP contribution is 2.10. The Morgan fingerprint density at radius 2 is 1.69 bits per heavy atom. The van der Waals surface area contributed by atoms with Crippen LogP contribution < -0.4 is 0 Å². The maximum atomic E-state index is 8.64. The van der Waals surface area contributed by atoms with E-state index in [0.29, 0.717) is 0 Å². The Kier molecular flexibility index (Phi) is 7.23. The minimum absolute atomic E-state index is 0.951. The van der Waals surface area contributed by atoms with E-state index in [0.717, 1.165) is 31.6 Å². The molecule has 0 aliphatic carbocycles. The van der Waals surface area contributed by atoms with Gasteiger partial charge in [-0.1, -0.05) is 44.2 Å². The third-order valence-electron chi connectivity index (χ3n) is 3.40. The molecule has 1 aliphatic rings. The molecule has 1 N–H and O–H groups in total. The van der Waals surface area contributed by atoms with Gasteiger partial charge >= 0.3 is 0 Å². The van der Waals surface area contributed by atoms with Gasteiger partial charge in [0.25, 0.3) is 0 Å². The molecule has 1 saturated heterocycles. The van der Waals surface area contributed by atoms with E-state index in [1.54, 1.807) is 0 Å². The normalized spacial score (nSPS) is 17.7. The minimum atomic E-state index is 0.951. The lowest BCUT2D eigenvalue weighted by atomic mass is 10.1. The lowest BCUT2D eigenvalue weighted by molar-refractivity contribution is 0.257. The molecular formula is C13H26N2O. The highest BCUT2D eigenvalue weighted by molar-refractivity contribution is 5.84. The minimum Gasteiger partial charge on any atom is -0.411 e. The first-order valence-electron chi connectivity index (χ1n) is 6.79. The summed E-state index contributed by atoms with van der Waals surface area (Å²) in [6.45, 7) is 5.64. The molecule has 0 spiro atoms. The predicted octanol–water partition coefficient (Wildman–Crippen LogP) is 3.27. The topological polar surface area (TPSA) is 35.8 Å². The maximum absolute atomic E-state index is 8.64. The van der Waals surface area contributed by atoms with Crippen molar-refractivity contribution in [3.05, 3.63) is 0 Å². The van der Waals surface area contributed by atoms with Crippen LogP contribution >= 0.6 is 0 Å². The molecule has 1 rings (SSSR count). The highest BCUT2D eigenvalue weighted by atomic mass is 16.4. The third-order valence-corrected chi connectivity index (χ3v) is 3.40. The summed E-state index contributed by atoms with van der Waals surface area (Å²) in [5, 5.41) is 11.9. The van der Waals surface area contributed by atoms with Crippen LogP contribution in [0, 0.1) is 0 Å². The van der Waals surface area contributed by atoms with E-state index in [2.05, 4.69) is 17.0 Å². The fraction of sp³-hybridized carbons (Fsp3) is 0.923. The van der Waals surface area contributed by atoms with Gasteiger partial charge in [-0.3, -0.25) is 0 Å². The zero-order valence-corrected chi connectivity index (χ0v) is 10.6. The SMILES string of the molecule is CCCCCCCCN1CCC(=NO)CC1. The molecule has 0 saturated carbocycles. The van der Waals surface area contributed by atoms with E-state index in [9.17, 15) is 0 Å². The number of likely N-dealkylation sites (tertiary alicyclic amines) is 1. The summed E-state index contributed by atoms with van der Waals surface area (Å²) in [5.74, 6) is 0. The lowest BCUT2D eigenvalue weighted by Crippen LogP contribution is -2.34. The number of unbranched alkanes of at least 4 members (excludes halogenated alkanes) is 5. The molecule has 0 atom stereocenters. The van der Waals surface area contributed by atoms with Crippen LogP contribution in [-0.4, -0.2) is 35.5 Å². The van der Waals surface area contributed by atoms with E-state index >= 15 is 0 Å². The van der Waals surface area contributed by atoms with Crippen molar-refractivity contribution in [1.29, 1.82) is 0 Å². The molecule has 3 heteroatoms. The van der Waals surface area contributed by atoms with Crippen LogP contribution in [0.15, 0.2) is 5.16 Å². The Labute approximate surface area is 99.5 Å². The molecule has 0 radical (unpaired) electrons. The molecule has 0 aromatic heterocycles. The average Bonchev–Trinajstić information content (AvgIpc) is 2.34. The number of piperidine rings is 1. The van der Waals surface area contributed by atoms with Crippen LogP contribution in [0.4, 0.5) is 0 Å². The maximum Gasteiger partial charge on any atom is 0.0596 e. The largest absolute Gasteiger partial charge is 0.411 e. The Hall–Kier alpha value is -0.570. The Bertz CT molecular complexity index is 194. The molecule has 0 aromatic carbocycles. The first kappa shape index (κ1) is 13.5. The fourth-order valence-corrected chi connectivity index (χ4v) is 2.25. The van der Waals surface area contributed by atoms with E-state index in [1.807, 2.05) is 0 Å². The number of hydrogen-bond acceptors (Lipinski definition) is 3. The summed E-state index contributed by atoms with van der Waals surface area (Å²) in [6, 6.07) is 0. The number of nitrogens with zero attached hydrogens (tertiary/aromatic N) is 2. The van der Waals surface area contributed by atoms with E-state index < -0.39 is 0 Å². The van der Waals surface area contributed by atoms with Gasteiger partial charge in [-0.2, -0.15) is 0 Å². The van der Waals surface area contributed by atoms with Gasteiger partial charge in [-0.05, 0) is 13.0 Å². The van der Waals surface area contributed by atoms with Crippen molar-refractivity contribution >= 4 is 5.71 Å². The fourth-order valence-electron chi connectivity index (χ4n) is 2.25. The van der Waals surface area contributed by atoms with Crippen molar-refractivity contribution in [2.45, 2.75) is 58.3 Å². The van der Waals surface area contributed by atoms with Crippen LogP contribution in [0.2, 0.25) is 0 Å². The molecular weight excluding hydrogens is 200 g/mol. The van der Waals surface area contributed by atoms with Crippen molar-refractivity contribution < 1.29 is 5.21 Å². The summed E-state index contributed by atoms with van der Waals surface area (Å²) in [6.07, 6.45) is 10.1. The summed E-state index contributed by atoms with van der Waals surface area (Å²) in [5.41, 5.74) is 0.971. The summed E-state index contributed by atoms with van der Waals surface area (Å²) in [7, 11) is 0. The summed E-state index contributed by atoms with van der Waals surface area (Å²) >= 11 is 0. The average molecular weight is 226 g/mol. The highest BCUT2D eigenvalue weighted by Gasteiger charge is 2.14. The van der Waals surface area contributed by atoms with Crippen molar-refractivity contribution in [2.24, 2.45) is 5.16 Å². The molecule has 0 unspecified atom stereocenters. The monoisotopic (exact) mass is 226 g/mol. The lowest BCUT2D eigenvalue weighted by Gasteiger charge is -2.26. The van der Waals surface area contributed by atoms with E-state index in [4.69, 9.17) is 5.21 Å². The second-order valence-corrected chi connectivity index (χ2v) is 4.78. The first-order valence-corrected chi connectivity index (χ1v) is 6.79. The summed E-state index contributed by atoms with van der Waals surface area (Å²) < 4.78 is 0. The second-order valence-electron chi connectivity index (χ2n) is 4.78. The number of oxime groups is 1. The van der Waals surface area contributed by atoms with Crippen LogP contribution in [0.3, 0.4) is 0 Å². The van der Waals surface area contributed by atoms with Crippen molar-refractivity contribution in [2.75, 3.05) is 19.6 Å². The van der Waals surface area contributed by atoms with Gasteiger partial charge in [0.05, 0.1) is 5.71 Å². The Balaban J connectivity index is 1.94. The van der Waals surface area contributed by atoms with Crippen LogP contribution in [0.5, 0.6) is 0 Å². The van der Waals surface area contributed by atoms with Gasteiger partial charge in [-0.15, -0.1) is 0 Å². The van der Waals surface area contributed by atoms with Gasteiger partial charge < -0.3 is 10.1 Å². The van der Waals surface area contributed by atoms with Crippen molar-refractivity contribution in [3.8, 4) is 0 Å². The molecule has 1 aliphatic heterocycles. The quantitative estimate of drug-likeness (QED) is 0.411. The van der Waals surface area contributed by atoms with E-state index in [1.165, 1.54) is 45.1 Å². The zero-order chi connectivity index (χ0) is 11.6. The zero-order valence-electron chi connectivity index (χ0n) is 10.6. The van der Waals surface area contributed by atoms with Crippen LogP contribution in [0.25, 0.3) is 0 Å². The van der Waals surface area contributed by atoms with Gasteiger partial charge in [0.15, 0.2) is 0 Å². The van der Waals surface area contributed by atoms with Crippen LogP contribution in [-0.2, 0) is 0 Å². The standard InChI is InChI=1S/C13H26N2O/c1-2-3-4-5-6-7-10-15-11-8-13(14-16)9-12-15/h16H,2-12H2,1H3. The van der Waals surface area contributed by atoms with Gasteiger partial charge in [-0.25, -0.2) is 0 Å². The van der Waals surface area contributed by atoms with Gasteiger partial charge in [0.2, 0.25) is 0 Å². The second kappa shape index (κ2) is 8.57. The number of hydrogen-bond donors (Lipinski definition) is 1. The van der Waals surface area contributed by atoms with Crippen LogP contribution in [0.1, 0.15) is 58.3 Å². The third kappa shape index (κ3) is 5.50. The Morgan fingerprint density at radius 1 is 1.06 bits per heavy atom. The number of rotatable bonds is 7. The molecule has 94 valence electrons. The molecule has 0 amide bonds. The van der Waals surface area contributed by atoms with E-state index in [-0.39, 0.29) is 0 Å². The first-order chi connectivity index (χ1) is 7.86. The van der Waals surface area contributed by atoms with Gasteiger partial charge in [0.1, 0.15) is 0 Å². The molecule has 0 aromatic rings. The molecule has 0 bridgehead atoms. The molecule has 1 fully saturated rings. The smallest absolute Gasteiger partial charge is 0.0596 e.